The second-order valence-corrected chi connectivity index (χ2v) is 4.99. The monoisotopic (exact) mass is 273 g/mol. The van der Waals surface area contributed by atoms with Gasteiger partial charge >= 0.3 is 0 Å². The van der Waals surface area contributed by atoms with Crippen molar-refractivity contribution in [2.75, 3.05) is 13.2 Å². The second-order valence-electron chi connectivity index (χ2n) is 4.99. The van der Waals surface area contributed by atoms with Crippen LogP contribution in [0.1, 0.15) is 34.8 Å². The van der Waals surface area contributed by atoms with E-state index < -0.39 is 0 Å². The topological polar surface area (TPSA) is 58.6 Å². The summed E-state index contributed by atoms with van der Waals surface area (Å²) in [7, 11) is 0. The average Bonchev–Trinajstić information content (AvgIpc) is 2.81. The van der Waals surface area contributed by atoms with Gasteiger partial charge in [0.2, 0.25) is 0 Å². The van der Waals surface area contributed by atoms with Crippen LogP contribution in [0.5, 0.6) is 0 Å². The number of hydrogen-bond acceptors (Lipinski definition) is 3. The molecule has 2 atom stereocenters. The molecule has 0 saturated carbocycles. The molecule has 4 nitrogen and oxygen atoms in total. The van der Waals surface area contributed by atoms with Gasteiger partial charge < -0.3 is 15.2 Å². The largest absolute Gasteiger partial charge is 0.384 e. The van der Waals surface area contributed by atoms with Crippen molar-refractivity contribution in [1.29, 1.82) is 0 Å². The fourth-order valence-corrected chi connectivity index (χ4v) is 2.30. The van der Waals surface area contributed by atoms with E-state index in [1.165, 1.54) is 0 Å². The third-order valence-corrected chi connectivity index (χ3v) is 3.34. The molecule has 2 N–H and O–H groups in total. The van der Waals surface area contributed by atoms with E-state index in [1.807, 2.05) is 26.0 Å². The zero-order valence-corrected chi connectivity index (χ0v) is 11.8. The minimum absolute atomic E-state index is 0.0532. The molecule has 0 spiro atoms. The van der Waals surface area contributed by atoms with E-state index in [1.54, 1.807) is 6.07 Å². The molecule has 0 bridgehead atoms. The first-order chi connectivity index (χ1) is 9.60. The predicted molar refractivity (Wildman–Crippen MR) is 76.4 cm³/mol. The molecule has 1 saturated heterocycles. The van der Waals surface area contributed by atoms with Crippen LogP contribution in [-0.4, -0.2) is 36.4 Å². The molecule has 1 aromatic rings. The Kier molecular flexibility index (Phi) is 4.78. The molecule has 1 aliphatic heterocycles. The van der Waals surface area contributed by atoms with E-state index in [9.17, 15) is 4.79 Å². The van der Waals surface area contributed by atoms with E-state index in [2.05, 4.69) is 17.2 Å². The van der Waals surface area contributed by atoms with Gasteiger partial charge in [0.15, 0.2) is 0 Å². The Morgan fingerprint density at radius 1 is 1.50 bits per heavy atom. The highest BCUT2D eigenvalue weighted by atomic mass is 16.5. The van der Waals surface area contributed by atoms with Gasteiger partial charge in [0, 0.05) is 17.7 Å². The smallest absolute Gasteiger partial charge is 0.251 e. The van der Waals surface area contributed by atoms with Crippen LogP contribution >= 0.6 is 0 Å². The van der Waals surface area contributed by atoms with Gasteiger partial charge in [0.05, 0.1) is 12.1 Å². The van der Waals surface area contributed by atoms with Crippen LogP contribution in [0.15, 0.2) is 18.2 Å². The number of ether oxygens (including phenoxy) is 1. The van der Waals surface area contributed by atoms with E-state index in [0.29, 0.717) is 12.2 Å². The van der Waals surface area contributed by atoms with Crippen LogP contribution in [0.4, 0.5) is 0 Å². The van der Waals surface area contributed by atoms with Gasteiger partial charge in [-0.1, -0.05) is 11.8 Å². The van der Waals surface area contributed by atoms with Crippen LogP contribution in [0.25, 0.3) is 0 Å². The van der Waals surface area contributed by atoms with Crippen molar-refractivity contribution >= 4 is 5.91 Å². The minimum Gasteiger partial charge on any atom is -0.384 e. The van der Waals surface area contributed by atoms with Crippen LogP contribution in [0, 0.1) is 18.8 Å². The standard InChI is InChI=1S/C16H19NO3/c1-11-8-13(4-3-6-18)10-14(9-11)16(19)17-15-5-7-20-12(15)2/h8-10,12,15,18H,5-7H2,1-2H3,(H,17,19). The Bertz CT molecular complexity index is 557. The third-order valence-electron chi connectivity index (χ3n) is 3.34. The molecule has 1 fully saturated rings. The van der Waals surface area contributed by atoms with Crippen molar-refractivity contribution < 1.29 is 14.6 Å². The minimum atomic E-state index is -0.188. The molecule has 4 heteroatoms. The van der Waals surface area contributed by atoms with E-state index >= 15 is 0 Å². The maximum atomic E-state index is 12.3. The molecule has 1 heterocycles. The summed E-state index contributed by atoms with van der Waals surface area (Å²) in [5.41, 5.74) is 2.29. The molecule has 1 aliphatic rings. The van der Waals surface area contributed by atoms with Crippen LogP contribution in [0.3, 0.4) is 0 Å². The highest BCUT2D eigenvalue weighted by Gasteiger charge is 2.26. The molecule has 1 aromatic carbocycles. The zero-order chi connectivity index (χ0) is 14.5. The van der Waals surface area contributed by atoms with Gasteiger partial charge in [-0.2, -0.15) is 0 Å². The third kappa shape index (κ3) is 3.60. The van der Waals surface area contributed by atoms with Crippen molar-refractivity contribution in [2.45, 2.75) is 32.4 Å². The van der Waals surface area contributed by atoms with Crippen molar-refractivity contribution in [3.63, 3.8) is 0 Å². The summed E-state index contributed by atoms with van der Waals surface area (Å²) in [4.78, 5) is 12.3. The number of hydrogen-bond donors (Lipinski definition) is 2. The van der Waals surface area contributed by atoms with Crippen molar-refractivity contribution in [1.82, 2.24) is 5.32 Å². The van der Waals surface area contributed by atoms with Gasteiger partial charge in [-0.15, -0.1) is 0 Å². The first-order valence-corrected chi connectivity index (χ1v) is 6.74. The van der Waals surface area contributed by atoms with Gasteiger partial charge in [0.1, 0.15) is 6.61 Å². The predicted octanol–water partition coefficient (Wildman–Crippen LogP) is 1.25. The molecular weight excluding hydrogens is 254 g/mol. The molecule has 20 heavy (non-hydrogen) atoms. The van der Waals surface area contributed by atoms with E-state index in [0.717, 1.165) is 17.5 Å². The summed E-state index contributed by atoms with van der Waals surface area (Å²) in [6.45, 7) is 4.38. The molecule has 2 unspecified atom stereocenters. The van der Waals surface area contributed by atoms with Crippen molar-refractivity contribution in [3.8, 4) is 11.8 Å². The number of carbonyl (C=O) groups is 1. The first-order valence-electron chi connectivity index (χ1n) is 6.74. The Morgan fingerprint density at radius 2 is 2.30 bits per heavy atom. The second kappa shape index (κ2) is 6.56. The molecule has 0 aromatic heterocycles. The lowest BCUT2D eigenvalue weighted by molar-refractivity contribution is 0.0866. The fourth-order valence-electron chi connectivity index (χ4n) is 2.30. The number of carbonyl (C=O) groups excluding carboxylic acids is 1. The van der Waals surface area contributed by atoms with E-state index in [4.69, 9.17) is 9.84 Å². The summed E-state index contributed by atoms with van der Waals surface area (Å²) in [6.07, 6.45) is 0.896. The summed E-state index contributed by atoms with van der Waals surface area (Å²) in [5, 5.41) is 11.7. The highest BCUT2D eigenvalue weighted by molar-refractivity contribution is 5.95. The number of rotatable bonds is 2. The molecular formula is C16H19NO3. The lowest BCUT2D eigenvalue weighted by Crippen LogP contribution is -2.39. The number of amides is 1. The average molecular weight is 273 g/mol. The molecule has 0 aliphatic carbocycles. The number of benzene rings is 1. The number of aliphatic hydroxyl groups is 1. The summed E-state index contributed by atoms with van der Waals surface area (Å²) >= 11 is 0. The lowest BCUT2D eigenvalue weighted by Gasteiger charge is -2.16. The number of nitrogens with one attached hydrogen (secondary N) is 1. The Hall–Kier alpha value is -1.83. The molecule has 106 valence electrons. The lowest BCUT2D eigenvalue weighted by atomic mass is 10.0. The van der Waals surface area contributed by atoms with E-state index in [-0.39, 0.29) is 24.7 Å². The van der Waals surface area contributed by atoms with Crippen LogP contribution in [0.2, 0.25) is 0 Å². The SMILES string of the molecule is Cc1cc(C#CCO)cc(C(=O)NC2CCOC2C)c1. The Labute approximate surface area is 119 Å². The molecule has 0 radical (unpaired) electrons. The number of aryl methyl sites for hydroxylation is 1. The maximum absolute atomic E-state index is 12.3. The fraction of sp³-hybridized carbons (Fsp3) is 0.438. The highest BCUT2D eigenvalue weighted by Crippen LogP contribution is 2.14. The first kappa shape index (κ1) is 14.6. The molecule has 2 rings (SSSR count). The van der Waals surface area contributed by atoms with Crippen molar-refractivity contribution in [2.24, 2.45) is 0 Å². The molecule has 1 amide bonds. The zero-order valence-electron chi connectivity index (χ0n) is 11.8. The quantitative estimate of drug-likeness (QED) is 0.797. The Morgan fingerprint density at radius 3 is 2.95 bits per heavy atom. The summed E-state index contributed by atoms with van der Waals surface area (Å²) in [6, 6.07) is 5.53. The number of aliphatic hydroxyl groups excluding tert-OH is 1. The Balaban J connectivity index is 2.14. The normalized spacial score (nSPS) is 21.1. The van der Waals surface area contributed by atoms with Gasteiger partial charge in [0.25, 0.3) is 5.91 Å². The van der Waals surface area contributed by atoms with Crippen molar-refractivity contribution in [3.05, 3.63) is 34.9 Å². The summed E-state index contributed by atoms with van der Waals surface area (Å²) < 4.78 is 5.44. The van der Waals surface area contributed by atoms with Gasteiger partial charge in [-0.3, -0.25) is 4.79 Å². The summed E-state index contributed by atoms with van der Waals surface area (Å²) in [5.74, 6) is 5.31. The van der Waals surface area contributed by atoms with Crippen LogP contribution < -0.4 is 5.32 Å². The van der Waals surface area contributed by atoms with Crippen LogP contribution in [-0.2, 0) is 4.74 Å². The van der Waals surface area contributed by atoms with Gasteiger partial charge in [-0.25, -0.2) is 0 Å². The van der Waals surface area contributed by atoms with Gasteiger partial charge in [-0.05, 0) is 44.0 Å². The maximum Gasteiger partial charge on any atom is 0.251 e.